The van der Waals surface area contributed by atoms with Crippen molar-refractivity contribution in [3.05, 3.63) is 63.6 Å². The molecule has 2 aliphatic heterocycles. The van der Waals surface area contributed by atoms with Crippen molar-refractivity contribution < 1.29 is 9.59 Å². The van der Waals surface area contributed by atoms with E-state index in [9.17, 15) is 9.59 Å². The molecule has 116 valence electrons. The fourth-order valence-electron chi connectivity index (χ4n) is 3.18. The van der Waals surface area contributed by atoms with E-state index in [2.05, 4.69) is 0 Å². The van der Waals surface area contributed by atoms with E-state index in [-0.39, 0.29) is 11.9 Å². The molecule has 4 nitrogen and oxygen atoms in total. The molecule has 2 aromatic carbocycles. The van der Waals surface area contributed by atoms with E-state index in [1.807, 2.05) is 24.3 Å². The summed E-state index contributed by atoms with van der Waals surface area (Å²) in [6.45, 7) is 0.448. The van der Waals surface area contributed by atoms with Gasteiger partial charge in [0, 0.05) is 13.0 Å². The van der Waals surface area contributed by atoms with Crippen molar-refractivity contribution in [2.45, 2.75) is 19.0 Å². The molecular weight excluding hydrogens is 335 g/mol. The molecule has 3 amide bonds. The Morgan fingerprint density at radius 1 is 0.957 bits per heavy atom. The number of halogens is 2. The second kappa shape index (κ2) is 5.25. The molecule has 0 aliphatic carbocycles. The van der Waals surface area contributed by atoms with Gasteiger partial charge in [-0.3, -0.25) is 4.79 Å². The van der Waals surface area contributed by atoms with Gasteiger partial charge in [0.15, 0.2) is 0 Å². The maximum Gasteiger partial charge on any atom is 0.332 e. The highest BCUT2D eigenvalue weighted by Gasteiger charge is 2.47. The predicted octanol–water partition coefficient (Wildman–Crippen LogP) is 3.89. The first-order valence-electron chi connectivity index (χ1n) is 7.22. The Morgan fingerprint density at radius 2 is 1.70 bits per heavy atom. The molecule has 0 aromatic heterocycles. The number of nitrogens with zero attached hydrogens (tertiary/aromatic N) is 2. The van der Waals surface area contributed by atoms with Crippen molar-refractivity contribution >= 4 is 40.8 Å². The third-order valence-electron chi connectivity index (χ3n) is 4.35. The molecule has 1 fully saturated rings. The topological polar surface area (TPSA) is 40.6 Å². The summed E-state index contributed by atoms with van der Waals surface area (Å²) >= 11 is 11.9. The van der Waals surface area contributed by atoms with E-state index < -0.39 is 6.04 Å². The highest BCUT2D eigenvalue weighted by molar-refractivity contribution is 6.42. The van der Waals surface area contributed by atoms with Gasteiger partial charge in [-0.15, -0.1) is 0 Å². The van der Waals surface area contributed by atoms with Crippen molar-refractivity contribution in [1.29, 1.82) is 0 Å². The average Bonchev–Trinajstić information content (AvgIpc) is 2.79. The molecule has 0 spiro atoms. The lowest BCUT2D eigenvalue weighted by molar-refractivity contribution is -0.119. The Kier molecular flexibility index (Phi) is 3.32. The van der Waals surface area contributed by atoms with Crippen molar-refractivity contribution in [1.82, 2.24) is 4.90 Å². The summed E-state index contributed by atoms with van der Waals surface area (Å²) in [5.74, 6) is -0.220. The fourth-order valence-corrected chi connectivity index (χ4v) is 3.47. The van der Waals surface area contributed by atoms with Gasteiger partial charge in [-0.05, 0) is 29.3 Å². The summed E-state index contributed by atoms with van der Waals surface area (Å²) in [6.07, 6.45) is 0.540. The third kappa shape index (κ3) is 2.21. The number of rotatable bonds is 1. The Morgan fingerprint density at radius 3 is 2.43 bits per heavy atom. The van der Waals surface area contributed by atoms with E-state index in [4.69, 9.17) is 23.2 Å². The summed E-state index contributed by atoms with van der Waals surface area (Å²) in [4.78, 5) is 28.3. The lowest BCUT2D eigenvalue weighted by Gasteiger charge is -2.28. The van der Waals surface area contributed by atoms with E-state index >= 15 is 0 Å². The monoisotopic (exact) mass is 346 g/mol. The lowest BCUT2D eigenvalue weighted by atomic mass is 9.95. The second-order valence-electron chi connectivity index (χ2n) is 5.67. The summed E-state index contributed by atoms with van der Waals surface area (Å²) in [7, 11) is 0. The average molecular weight is 347 g/mol. The number of anilines is 1. The van der Waals surface area contributed by atoms with Crippen LogP contribution in [0.1, 0.15) is 11.1 Å². The fraction of sp³-hybridized carbons (Fsp3) is 0.176. The summed E-state index contributed by atoms with van der Waals surface area (Å²) in [5.41, 5.74) is 2.65. The Hall–Kier alpha value is -2.04. The van der Waals surface area contributed by atoms with Crippen LogP contribution in [-0.4, -0.2) is 22.9 Å². The molecule has 1 atom stereocenters. The molecule has 4 rings (SSSR count). The number of benzene rings is 2. The molecular formula is C17H12Cl2N2O2. The van der Waals surface area contributed by atoms with Crippen LogP contribution in [0.5, 0.6) is 0 Å². The van der Waals surface area contributed by atoms with Gasteiger partial charge in [-0.25, -0.2) is 9.69 Å². The Bertz CT molecular complexity index is 794. The number of urea groups is 1. The minimum atomic E-state index is -0.452. The van der Waals surface area contributed by atoms with Gasteiger partial charge in [-0.2, -0.15) is 0 Å². The number of imide groups is 1. The maximum atomic E-state index is 12.7. The van der Waals surface area contributed by atoms with E-state index in [0.29, 0.717) is 28.7 Å². The van der Waals surface area contributed by atoms with Crippen molar-refractivity contribution in [2.24, 2.45) is 0 Å². The highest BCUT2D eigenvalue weighted by Crippen LogP contribution is 2.35. The van der Waals surface area contributed by atoms with E-state index in [0.717, 1.165) is 11.1 Å². The molecule has 0 saturated carbocycles. The molecule has 1 saturated heterocycles. The summed E-state index contributed by atoms with van der Waals surface area (Å²) < 4.78 is 0. The van der Waals surface area contributed by atoms with Gasteiger partial charge >= 0.3 is 6.03 Å². The minimum Gasteiger partial charge on any atom is -0.307 e. The van der Waals surface area contributed by atoms with Gasteiger partial charge in [0.25, 0.3) is 5.91 Å². The molecule has 6 heteroatoms. The van der Waals surface area contributed by atoms with Crippen LogP contribution in [0.25, 0.3) is 0 Å². The quantitative estimate of drug-likeness (QED) is 0.735. The normalized spacial score (nSPS) is 19.8. The molecule has 2 aliphatic rings. The predicted molar refractivity (Wildman–Crippen MR) is 88.8 cm³/mol. The number of fused-ring (bicyclic) bond motifs is 2. The van der Waals surface area contributed by atoms with Crippen LogP contribution in [0.4, 0.5) is 10.5 Å². The van der Waals surface area contributed by atoms with Crippen molar-refractivity contribution in [2.75, 3.05) is 4.90 Å². The number of hydrogen-bond acceptors (Lipinski definition) is 2. The maximum absolute atomic E-state index is 12.7. The number of amides is 3. The van der Waals surface area contributed by atoms with E-state index in [1.54, 1.807) is 23.1 Å². The number of carbonyl (C=O) groups excluding carboxylic acids is 2. The van der Waals surface area contributed by atoms with Crippen LogP contribution in [0.2, 0.25) is 10.0 Å². The summed E-state index contributed by atoms with van der Waals surface area (Å²) in [5, 5.41) is 0.706. The largest absolute Gasteiger partial charge is 0.332 e. The second-order valence-corrected chi connectivity index (χ2v) is 6.49. The van der Waals surface area contributed by atoms with Crippen molar-refractivity contribution in [3.8, 4) is 0 Å². The number of carbonyl (C=O) groups is 2. The smallest absolute Gasteiger partial charge is 0.307 e. The van der Waals surface area contributed by atoms with Crippen LogP contribution in [0, 0.1) is 0 Å². The molecule has 2 aromatic rings. The molecule has 0 bridgehead atoms. The molecule has 23 heavy (non-hydrogen) atoms. The zero-order chi connectivity index (χ0) is 16.1. The van der Waals surface area contributed by atoms with Gasteiger partial charge in [0.2, 0.25) is 0 Å². The van der Waals surface area contributed by atoms with Crippen LogP contribution < -0.4 is 4.90 Å². The third-order valence-corrected chi connectivity index (χ3v) is 5.09. The van der Waals surface area contributed by atoms with Crippen LogP contribution in [-0.2, 0) is 17.8 Å². The molecule has 0 radical (unpaired) electrons. The van der Waals surface area contributed by atoms with Gasteiger partial charge < -0.3 is 4.90 Å². The zero-order valence-electron chi connectivity index (χ0n) is 12.0. The van der Waals surface area contributed by atoms with Crippen LogP contribution in [0.3, 0.4) is 0 Å². The first-order valence-corrected chi connectivity index (χ1v) is 7.98. The van der Waals surface area contributed by atoms with Crippen LogP contribution >= 0.6 is 23.2 Å². The molecule has 0 unspecified atom stereocenters. The molecule has 0 N–H and O–H groups in total. The van der Waals surface area contributed by atoms with Gasteiger partial charge in [-0.1, -0.05) is 47.5 Å². The first kappa shape index (κ1) is 14.5. The van der Waals surface area contributed by atoms with Crippen LogP contribution in [0.15, 0.2) is 42.5 Å². The lowest BCUT2D eigenvalue weighted by Crippen LogP contribution is -2.39. The number of hydrogen-bond donors (Lipinski definition) is 0. The Labute approximate surface area is 143 Å². The minimum absolute atomic E-state index is 0.220. The molecule has 2 heterocycles. The first-order chi connectivity index (χ1) is 11.1. The SMILES string of the molecule is O=C1[C@H]2Cc3ccccc3CN2C(=O)N1c1ccc(Cl)c(Cl)c1. The summed E-state index contributed by atoms with van der Waals surface area (Å²) in [6, 6.07) is 11.9. The van der Waals surface area contributed by atoms with E-state index in [1.165, 1.54) is 4.90 Å². The van der Waals surface area contributed by atoms with Gasteiger partial charge in [0.05, 0.1) is 15.7 Å². The zero-order valence-corrected chi connectivity index (χ0v) is 13.5. The highest BCUT2D eigenvalue weighted by atomic mass is 35.5. The standard InChI is InChI=1S/C17H12Cl2N2O2/c18-13-6-5-12(8-14(13)19)21-16(22)15-7-10-3-1-2-4-11(10)9-20(15)17(21)23/h1-6,8,15H,7,9H2/t15-/m1/s1. The Balaban J connectivity index is 1.72. The van der Waals surface area contributed by atoms with Crippen molar-refractivity contribution in [3.63, 3.8) is 0 Å². The van der Waals surface area contributed by atoms with Gasteiger partial charge in [0.1, 0.15) is 6.04 Å².